The fourth-order valence-corrected chi connectivity index (χ4v) is 1.53. The highest BCUT2D eigenvalue weighted by atomic mass is 32.1. The molecule has 1 aromatic rings. The maximum absolute atomic E-state index is 5.50. The third kappa shape index (κ3) is 2.01. The largest absolute Gasteiger partial charge is 0.388 e. The second kappa shape index (κ2) is 3.92. The van der Waals surface area contributed by atoms with Crippen LogP contribution in [-0.4, -0.2) is 16.0 Å². The summed E-state index contributed by atoms with van der Waals surface area (Å²) >= 11 is 4.87. The predicted octanol–water partition coefficient (Wildman–Crippen LogP) is 1.68. The average Bonchev–Trinajstić information content (AvgIpc) is 2.12. The number of aromatic nitrogens is 1. The molecule has 0 saturated heterocycles. The highest BCUT2D eigenvalue weighted by Crippen LogP contribution is 2.22. The maximum Gasteiger partial charge on any atom is 0.126 e. The Hall–Kier alpha value is -1.16. The van der Waals surface area contributed by atoms with E-state index in [4.69, 9.17) is 18.0 Å². The van der Waals surface area contributed by atoms with Crippen molar-refractivity contribution in [2.24, 2.45) is 5.73 Å². The monoisotopic (exact) mass is 207 g/mol. The molecule has 2 rings (SSSR count). The van der Waals surface area contributed by atoms with Gasteiger partial charge < -0.3 is 11.1 Å². The lowest BCUT2D eigenvalue weighted by Crippen LogP contribution is -2.27. The molecule has 0 radical (unpaired) electrons. The third-order valence-corrected chi connectivity index (χ3v) is 2.67. The summed E-state index contributed by atoms with van der Waals surface area (Å²) in [6.45, 7) is 0. The molecule has 0 amide bonds. The van der Waals surface area contributed by atoms with Crippen LogP contribution < -0.4 is 11.1 Å². The normalized spacial score (nSPS) is 16.0. The Labute approximate surface area is 88.7 Å². The topological polar surface area (TPSA) is 50.9 Å². The molecule has 1 saturated carbocycles. The Morgan fingerprint density at radius 2 is 2.29 bits per heavy atom. The molecule has 74 valence electrons. The van der Waals surface area contributed by atoms with Gasteiger partial charge in [-0.05, 0) is 31.4 Å². The van der Waals surface area contributed by atoms with E-state index in [1.165, 1.54) is 19.3 Å². The fourth-order valence-electron chi connectivity index (χ4n) is 1.41. The van der Waals surface area contributed by atoms with Crippen molar-refractivity contribution in [3.05, 3.63) is 23.9 Å². The van der Waals surface area contributed by atoms with Gasteiger partial charge in [0.2, 0.25) is 0 Å². The Morgan fingerprint density at radius 3 is 2.86 bits per heavy atom. The second-order valence-corrected chi connectivity index (χ2v) is 3.98. The lowest BCUT2D eigenvalue weighted by Gasteiger charge is -2.26. The van der Waals surface area contributed by atoms with Crippen molar-refractivity contribution < 1.29 is 0 Å². The molecule has 3 N–H and O–H groups in total. The van der Waals surface area contributed by atoms with E-state index < -0.39 is 0 Å². The minimum absolute atomic E-state index is 0.349. The van der Waals surface area contributed by atoms with Crippen LogP contribution in [0.4, 0.5) is 5.82 Å². The van der Waals surface area contributed by atoms with E-state index >= 15 is 0 Å². The minimum atomic E-state index is 0.349. The van der Waals surface area contributed by atoms with Crippen LogP contribution in [0.15, 0.2) is 18.2 Å². The van der Waals surface area contributed by atoms with Gasteiger partial charge in [-0.1, -0.05) is 18.3 Å². The van der Waals surface area contributed by atoms with Gasteiger partial charge in [-0.3, -0.25) is 0 Å². The second-order valence-electron chi connectivity index (χ2n) is 3.54. The molecule has 1 fully saturated rings. The van der Waals surface area contributed by atoms with Crippen molar-refractivity contribution in [3.8, 4) is 0 Å². The Morgan fingerprint density at radius 1 is 1.50 bits per heavy atom. The number of nitrogens with two attached hydrogens (primary N) is 1. The molecule has 4 heteroatoms. The summed E-state index contributed by atoms with van der Waals surface area (Å²) in [6.07, 6.45) is 3.78. The number of rotatable bonds is 3. The van der Waals surface area contributed by atoms with Gasteiger partial charge in [0.1, 0.15) is 10.8 Å². The number of pyridine rings is 1. The molecule has 3 nitrogen and oxygen atoms in total. The van der Waals surface area contributed by atoms with E-state index in [1.807, 2.05) is 18.2 Å². The Balaban J connectivity index is 2.09. The summed E-state index contributed by atoms with van der Waals surface area (Å²) in [4.78, 5) is 4.67. The molecule has 0 bridgehead atoms. The summed E-state index contributed by atoms with van der Waals surface area (Å²) in [5.41, 5.74) is 6.19. The molecule has 1 heterocycles. The number of nitrogens with one attached hydrogen (secondary N) is 1. The SMILES string of the molecule is NC(=S)c1cccc(NC2CCC2)n1. The first kappa shape index (κ1) is 9.40. The summed E-state index contributed by atoms with van der Waals surface area (Å²) in [7, 11) is 0. The highest BCUT2D eigenvalue weighted by Gasteiger charge is 2.17. The van der Waals surface area contributed by atoms with E-state index in [0.717, 1.165) is 5.82 Å². The Bertz CT molecular complexity index is 347. The number of hydrogen-bond acceptors (Lipinski definition) is 3. The average molecular weight is 207 g/mol. The predicted molar refractivity (Wildman–Crippen MR) is 61.4 cm³/mol. The highest BCUT2D eigenvalue weighted by molar-refractivity contribution is 7.80. The quantitative estimate of drug-likeness (QED) is 0.740. The van der Waals surface area contributed by atoms with Crippen molar-refractivity contribution in [2.75, 3.05) is 5.32 Å². The Kier molecular flexibility index (Phi) is 2.63. The molecule has 0 spiro atoms. The van der Waals surface area contributed by atoms with Crippen molar-refractivity contribution in [1.29, 1.82) is 0 Å². The zero-order valence-corrected chi connectivity index (χ0v) is 8.68. The smallest absolute Gasteiger partial charge is 0.126 e. The van der Waals surface area contributed by atoms with Crippen LogP contribution in [0.5, 0.6) is 0 Å². The van der Waals surface area contributed by atoms with E-state index in [1.54, 1.807) is 0 Å². The van der Waals surface area contributed by atoms with Crippen molar-refractivity contribution in [1.82, 2.24) is 4.98 Å². The molecule has 1 aliphatic carbocycles. The van der Waals surface area contributed by atoms with Gasteiger partial charge in [-0.15, -0.1) is 0 Å². The van der Waals surface area contributed by atoms with Crippen LogP contribution in [0.2, 0.25) is 0 Å². The molecule has 0 atom stereocenters. The first-order chi connectivity index (χ1) is 6.75. The van der Waals surface area contributed by atoms with Crippen molar-refractivity contribution in [2.45, 2.75) is 25.3 Å². The van der Waals surface area contributed by atoms with Gasteiger partial charge in [0.25, 0.3) is 0 Å². The minimum Gasteiger partial charge on any atom is -0.388 e. The molecule has 0 aliphatic heterocycles. The maximum atomic E-state index is 5.50. The fraction of sp³-hybridized carbons (Fsp3) is 0.400. The lowest BCUT2D eigenvalue weighted by molar-refractivity contribution is 0.444. The molecular weight excluding hydrogens is 194 g/mol. The molecule has 0 unspecified atom stereocenters. The zero-order chi connectivity index (χ0) is 9.97. The summed E-state index contributed by atoms with van der Waals surface area (Å²) in [6, 6.07) is 6.28. The lowest BCUT2D eigenvalue weighted by atomic mass is 9.93. The number of hydrogen-bond donors (Lipinski definition) is 2. The number of nitrogens with zero attached hydrogens (tertiary/aromatic N) is 1. The van der Waals surface area contributed by atoms with E-state index in [-0.39, 0.29) is 0 Å². The molecule has 14 heavy (non-hydrogen) atoms. The van der Waals surface area contributed by atoms with Crippen LogP contribution in [0.3, 0.4) is 0 Å². The van der Waals surface area contributed by atoms with Gasteiger partial charge >= 0.3 is 0 Å². The summed E-state index contributed by atoms with van der Waals surface area (Å²) in [5.74, 6) is 0.875. The standard InChI is InChI=1S/C10H13N3S/c11-10(14)8-5-2-6-9(13-8)12-7-3-1-4-7/h2,5-7H,1,3-4H2,(H2,11,14)(H,12,13). The van der Waals surface area contributed by atoms with Crippen LogP contribution >= 0.6 is 12.2 Å². The van der Waals surface area contributed by atoms with Crippen molar-refractivity contribution in [3.63, 3.8) is 0 Å². The van der Waals surface area contributed by atoms with E-state index in [0.29, 0.717) is 16.7 Å². The first-order valence-corrected chi connectivity index (χ1v) is 5.20. The number of anilines is 1. The van der Waals surface area contributed by atoms with Crippen LogP contribution in [0.1, 0.15) is 25.0 Å². The van der Waals surface area contributed by atoms with Gasteiger partial charge in [0.15, 0.2) is 0 Å². The van der Waals surface area contributed by atoms with Gasteiger partial charge in [-0.2, -0.15) is 0 Å². The van der Waals surface area contributed by atoms with Crippen LogP contribution in [-0.2, 0) is 0 Å². The van der Waals surface area contributed by atoms with Crippen LogP contribution in [0, 0.1) is 0 Å². The van der Waals surface area contributed by atoms with Gasteiger partial charge in [0, 0.05) is 6.04 Å². The number of thiocarbonyl (C=S) groups is 1. The van der Waals surface area contributed by atoms with Gasteiger partial charge in [-0.25, -0.2) is 4.98 Å². The zero-order valence-electron chi connectivity index (χ0n) is 7.86. The van der Waals surface area contributed by atoms with E-state index in [9.17, 15) is 0 Å². The molecule has 1 aliphatic rings. The third-order valence-electron chi connectivity index (χ3n) is 2.46. The van der Waals surface area contributed by atoms with Crippen LogP contribution in [0.25, 0.3) is 0 Å². The van der Waals surface area contributed by atoms with E-state index in [2.05, 4.69) is 10.3 Å². The summed E-state index contributed by atoms with van der Waals surface area (Å²) < 4.78 is 0. The molecular formula is C10H13N3S. The molecule has 0 aromatic carbocycles. The first-order valence-electron chi connectivity index (χ1n) is 4.79. The summed E-state index contributed by atoms with van der Waals surface area (Å²) in [5, 5.41) is 3.35. The van der Waals surface area contributed by atoms with Gasteiger partial charge in [0.05, 0.1) is 5.69 Å². The van der Waals surface area contributed by atoms with Crippen molar-refractivity contribution >= 4 is 23.0 Å². The molecule has 1 aromatic heterocycles.